The zero-order valence-corrected chi connectivity index (χ0v) is 20.3. The molecule has 0 saturated carbocycles. The van der Waals surface area contributed by atoms with E-state index in [2.05, 4.69) is 79.2 Å². The number of guanidine groups is 1. The fourth-order valence-corrected chi connectivity index (χ4v) is 3.61. The summed E-state index contributed by atoms with van der Waals surface area (Å²) in [6.45, 7) is 8.91. The second-order valence-corrected chi connectivity index (χ2v) is 8.31. The Morgan fingerprint density at radius 3 is 2.63 bits per heavy atom. The van der Waals surface area contributed by atoms with Crippen molar-refractivity contribution in [3.05, 3.63) is 40.3 Å². The highest BCUT2D eigenvalue weighted by atomic mass is 127. The molecular weight excluding hydrogens is 471 g/mol. The Labute approximate surface area is 184 Å². The van der Waals surface area contributed by atoms with Crippen LogP contribution in [0.1, 0.15) is 37.3 Å². The highest BCUT2D eigenvalue weighted by molar-refractivity contribution is 14.0. The predicted molar refractivity (Wildman–Crippen MR) is 126 cm³/mol. The van der Waals surface area contributed by atoms with Gasteiger partial charge in [0.2, 0.25) is 0 Å². The van der Waals surface area contributed by atoms with Crippen molar-refractivity contribution in [3.63, 3.8) is 0 Å². The van der Waals surface area contributed by atoms with Gasteiger partial charge in [0, 0.05) is 42.2 Å². The van der Waals surface area contributed by atoms with Gasteiger partial charge in [0.15, 0.2) is 5.96 Å². The Balaban J connectivity index is 0.00000364. The number of aliphatic imine (C=N–C) groups is 1. The van der Waals surface area contributed by atoms with E-state index in [9.17, 15) is 0 Å². The van der Waals surface area contributed by atoms with E-state index in [4.69, 9.17) is 4.99 Å². The minimum Gasteiger partial charge on any atom is -0.357 e. The van der Waals surface area contributed by atoms with Gasteiger partial charge in [-0.25, -0.2) is 0 Å². The number of rotatable bonds is 8. The van der Waals surface area contributed by atoms with Crippen LogP contribution >= 0.6 is 35.3 Å². The average Bonchev–Trinajstić information content (AvgIpc) is 3.24. The van der Waals surface area contributed by atoms with E-state index < -0.39 is 0 Å². The Morgan fingerprint density at radius 2 is 2.11 bits per heavy atom. The van der Waals surface area contributed by atoms with Crippen LogP contribution in [0.3, 0.4) is 0 Å². The molecule has 8 heteroatoms. The van der Waals surface area contributed by atoms with Crippen LogP contribution in [0, 0.1) is 0 Å². The maximum Gasteiger partial charge on any atom is 0.191 e. The number of hydrogen-bond donors (Lipinski definition) is 2. The van der Waals surface area contributed by atoms with E-state index in [-0.39, 0.29) is 35.4 Å². The number of aromatic nitrogens is 2. The first-order valence-electron chi connectivity index (χ1n) is 9.04. The second kappa shape index (κ2) is 11.0. The molecule has 0 aliphatic carbocycles. The molecule has 0 saturated heterocycles. The summed E-state index contributed by atoms with van der Waals surface area (Å²) in [7, 11) is 6.12. The van der Waals surface area contributed by atoms with Crippen molar-refractivity contribution < 1.29 is 0 Å². The van der Waals surface area contributed by atoms with Gasteiger partial charge in [-0.15, -0.1) is 35.3 Å². The first-order chi connectivity index (χ1) is 12.3. The fourth-order valence-electron chi connectivity index (χ4n) is 2.76. The fraction of sp³-hybridized carbons (Fsp3) is 0.579. The van der Waals surface area contributed by atoms with Gasteiger partial charge in [-0.3, -0.25) is 9.67 Å². The first kappa shape index (κ1) is 23.9. The number of halogens is 1. The van der Waals surface area contributed by atoms with E-state index in [0.29, 0.717) is 0 Å². The standard InChI is InChI=1S/C19H32N6S.HI/c1-7-20-18(22-14-19(2,3)17-9-8-10-26-17)21-12-16(24(4)5)15-11-23-25(6)13-15;/h8-11,13,16H,7,12,14H2,1-6H3,(H2,20,21,22);1H. The normalized spacial score (nSPS) is 13.4. The van der Waals surface area contributed by atoms with Crippen molar-refractivity contribution in [3.8, 4) is 0 Å². The van der Waals surface area contributed by atoms with Crippen LogP contribution in [0.4, 0.5) is 0 Å². The minimum atomic E-state index is 0. The smallest absolute Gasteiger partial charge is 0.191 e. The number of nitrogens with zero attached hydrogens (tertiary/aromatic N) is 4. The van der Waals surface area contributed by atoms with Crippen LogP contribution in [0.2, 0.25) is 0 Å². The number of thiophene rings is 1. The molecule has 152 valence electrons. The molecule has 0 aromatic carbocycles. The third-order valence-electron chi connectivity index (χ3n) is 4.36. The van der Waals surface area contributed by atoms with E-state index in [1.54, 1.807) is 11.3 Å². The molecule has 0 amide bonds. The van der Waals surface area contributed by atoms with Gasteiger partial charge in [0.05, 0.1) is 18.8 Å². The molecule has 0 bridgehead atoms. The Kier molecular flexibility index (Phi) is 9.75. The summed E-state index contributed by atoms with van der Waals surface area (Å²) in [5, 5.41) is 13.3. The average molecular weight is 504 g/mol. The molecule has 0 radical (unpaired) electrons. The maximum atomic E-state index is 4.83. The quantitative estimate of drug-likeness (QED) is 0.329. The highest BCUT2D eigenvalue weighted by Crippen LogP contribution is 2.27. The van der Waals surface area contributed by atoms with Crippen molar-refractivity contribution in [2.24, 2.45) is 12.0 Å². The molecule has 0 aliphatic heterocycles. The zero-order valence-electron chi connectivity index (χ0n) is 17.2. The number of hydrogen-bond acceptors (Lipinski definition) is 4. The molecule has 2 N–H and O–H groups in total. The Bertz CT molecular complexity index is 693. The Morgan fingerprint density at radius 1 is 1.37 bits per heavy atom. The molecule has 6 nitrogen and oxygen atoms in total. The summed E-state index contributed by atoms with van der Waals surface area (Å²) in [5.74, 6) is 0.855. The van der Waals surface area contributed by atoms with E-state index in [1.807, 2.05) is 17.9 Å². The number of nitrogens with one attached hydrogen (secondary N) is 2. The van der Waals surface area contributed by atoms with Crippen LogP contribution in [0.15, 0.2) is 34.9 Å². The lowest BCUT2D eigenvalue weighted by Gasteiger charge is -2.25. The van der Waals surface area contributed by atoms with Gasteiger partial charge in [0.25, 0.3) is 0 Å². The molecule has 27 heavy (non-hydrogen) atoms. The van der Waals surface area contributed by atoms with Crippen molar-refractivity contribution in [2.45, 2.75) is 32.2 Å². The first-order valence-corrected chi connectivity index (χ1v) is 9.92. The SMILES string of the molecule is CCNC(=NCC(C)(C)c1cccs1)NCC(c1cnn(C)c1)N(C)C.I. The summed E-state index contributed by atoms with van der Waals surface area (Å²) < 4.78 is 1.84. The van der Waals surface area contributed by atoms with Crippen LogP contribution in [0.5, 0.6) is 0 Å². The molecule has 2 rings (SSSR count). The third kappa shape index (κ3) is 7.08. The van der Waals surface area contributed by atoms with Crippen LogP contribution < -0.4 is 10.6 Å². The molecule has 1 atom stereocenters. The molecule has 2 aromatic heterocycles. The van der Waals surface area contributed by atoms with E-state index >= 15 is 0 Å². The van der Waals surface area contributed by atoms with Crippen molar-refractivity contribution in [1.82, 2.24) is 25.3 Å². The largest absolute Gasteiger partial charge is 0.357 e. The van der Waals surface area contributed by atoms with Gasteiger partial charge in [-0.2, -0.15) is 5.10 Å². The van der Waals surface area contributed by atoms with Crippen LogP contribution in [0.25, 0.3) is 0 Å². The lowest BCUT2D eigenvalue weighted by atomic mass is 9.92. The molecule has 1 unspecified atom stereocenters. The van der Waals surface area contributed by atoms with Gasteiger partial charge in [-0.05, 0) is 32.5 Å². The maximum absolute atomic E-state index is 4.83. The van der Waals surface area contributed by atoms with E-state index in [0.717, 1.165) is 25.6 Å². The van der Waals surface area contributed by atoms with Gasteiger partial charge >= 0.3 is 0 Å². The topological polar surface area (TPSA) is 57.5 Å². The van der Waals surface area contributed by atoms with Crippen LogP contribution in [-0.4, -0.2) is 54.4 Å². The summed E-state index contributed by atoms with van der Waals surface area (Å²) in [6, 6.07) is 4.52. The Hall–Kier alpha value is -1.13. The third-order valence-corrected chi connectivity index (χ3v) is 5.60. The van der Waals surface area contributed by atoms with Gasteiger partial charge in [-0.1, -0.05) is 19.9 Å². The molecule has 0 spiro atoms. The lowest BCUT2D eigenvalue weighted by Crippen LogP contribution is -2.42. The second-order valence-electron chi connectivity index (χ2n) is 7.36. The summed E-state index contributed by atoms with van der Waals surface area (Å²) in [6.07, 6.45) is 3.99. The van der Waals surface area contributed by atoms with Crippen LogP contribution in [-0.2, 0) is 12.5 Å². The highest BCUT2D eigenvalue weighted by Gasteiger charge is 2.22. The molecule has 2 heterocycles. The van der Waals surface area contributed by atoms with Crippen molar-refractivity contribution >= 4 is 41.3 Å². The van der Waals surface area contributed by atoms with Crippen molar-refractivity contribution in [2.75, 3.05) is 33.7 Å². The molecular formula is C19H33IN6S. The van der Waals surface area contributed by atoms with Gasteiger partial charge in [0.1, 0.15) is 0 Å². The van der Waals surface area contributed by atoms with E-state index in [1.165, 1.54) is 10.4 Å². The lowest BCUT2D eigenvalue weighted by molar-refractivity contribution is 0.298. The number of likely N-dealkylation sites (N-methyl/N-ethyl adjacent to an activating group) is 1. The minimum absolute atomic E-state index is 0. The molecule has 0 aliphatic rings. The zero-order chi connectivity index (χ0) is 19.2. The summed E-state index contributed by atoms with van der Waals surface area (Å²) in [4.78, 5) is 8.39. The molecule has 0 fully saturated rings. The van der Waals surface area contributed by atoms with Crippen molar-refractivity contribution in [1.29, 1.82) is 0 Å². The molecule has 2 aromatic rings. The monoisotopic (exact) mass is 504 g/mol. The predicted octanol–water partition coefficient (Wildman–Crippen LogP) is 3.24. The summed E-state index contributed by atoms with van der Waals surface area (Å²) in [5.41, 5.74) is 1.22. The summed E-state index contributed by atoms with van der Waals surface area (Å²) >= 11 is 1.79. The van der Waals surface area contributed by atoms with Gasteiger partial charge < -0.3 is 15.5 Å². The number of aryl methyl sites for hydroxylation is 1.